The topological polar surface area (TPSA) is 72.9 Å². The molecule has 0 aliphatic rings. The summed E-state index contributed by atoms with van der Waals surface area (Å²) in [6.07, 6.45) is -4.34. The van der Waals surface area contributed by atoms with E-state index in [1.807, 2.05) is 0 Å². The number of hydrogen-bond donors (Lipinski definition) is 0. The van der Waals surface area contributed by atoms with Crippen LogP contribution in [0.2, 0.25) is 0 Å². The van der Waals surface area contributed by atoms with Gasteiger partial charge in [-0.15, -0.1) is 0 Å². The molecule has 31 heavy (non-hydrogen) atoms. The van der Waals surface area contributed by atoms with Crippen LogP contribution in [-0.4, -0.2) is 54.6 Å². The average Bonchev–Trinajstić information content (AvgIpc) is 2.56. The van der Waals surface area contributed by atoms with E-state index < -0.39 is 42.7 Å². The van der Waals surface area contributed by atoms with E-state index >= 15 is 0 Å². The van der Waals surface area contributed by atoms with E-state index in [1.165, 1.54) is 14.0 Å². The third-order valence-electron chi connectivity index (χ3n) is 4.39. The fourth-order valence-electron chi connectivity index (χ4n) is 3.08. The van der Waals surface area contributed by atoms with Gasteiger partial charge in [-0.3, -0.25) is 19.3 Å². The summed E-state index contributed by atoms with van der Waals surface area (Å²) in [6, 6.07) is 4.97. The van der Waals surface area contributed by atoms with Crippen LogP contribution in [0, 0.1) is 12.8 Å². The molecule has 1 unspecified atom stereocenters. The molecule has 1 aromatic rings. The number of esters is 2. The van der Waals surface area contributed by atoms with E-state index in [0.717, 1.165) is 10.5 Å². The number of alkyl halides is 3. The SMILES string of the molecule is COC(=O)C(Cc1ccc(CN(CC(=O)OC(C)(C)C)CC(F)(F)F)cc1C)C(C)=O. The van der Waals surface area contributed by atoms with Gasteiger partial charge in [-0.1, -0.05) is 18.2 Å². The number of carbonyl (C=O) groups is 3. The van der Waals surface area contributed by atoms with Crippen molar-refractivity contribution < 1.29 is 37.0 Å². The Labute approximate surface area is 180 Å². The number of ether oxygens (including phenoxy) is 2. The zero-order chi connectivity index (χ0) is 24.0. The summed E-state index contributed by atoms with van der Waals surface area (Å²) in [7, 11) is 1.20. The normalized spacial score (nSPS) is 13.1. The monoisotopic (exact) mass is 445 g/mol. The number of carbonyl (C=O) groups excluding carboxylic acids is 3. The van der Waals surface area contributed by atoms with E-state index in [-0.39, 0.29) is 18.7 Å². The molecule has 1 atom stereocenters. The predicted octanol–water partition coefficient (Wildman–Crippen LogP) is 3.62. The van der Waals surface area contributed by atoms with Crippen molar-refractivity contribution in [1.29, 1.82) is 0 Å². The first-order valence-corrected chi connectivity index (χ1v) is 9.79. The number of benzene rings is 1. The van der Waals surface area contributed by atoms with Gasteiger partial charge < -0.3 is 9.47 Å². The van der Waals surface area contributed by atoms with E-state index in [0.29, 0.717) is 11.1 Å². The zero-order valence-corrected chi connectivity index (χ0v) is 18.8. The number of Topliss-reactive ketones (excluding diaryl/α,β-unsaturated/α-hetero) is 1. The Morgan fingerprint density at radius 2 is 1.74 bits per heavy atom. The van der Waals surface area contributed by atoms with Gasteiger partial charge in [0.25, 0.3) is 0 Å². The number of rotatable bonds is 9. The minimum absolute atomic E-state index is 0.118. The van der Waals surface area contributed by atoms with Gasteiger partial charge in [0.2, 0.25) is 0 Å². The molecule has 9 heteroatoms. The molecule has 0 aliphatic carbocycles. The van der Waals surface area contributed by atoms with E-state index in [1.54, 1.807) is 45.9 Å². The van der Waals surface area contributed by atoms with Crippen molar-refractivity contribution in [2.45, 2.75) is 59.4 Å². The molecule has 0 fully saturated rings. The van der Waals surface area contributed by atoms with E-state index in [9.17, 15) is 27.6 Å². The minimum Gasteiger partial charge on any atom is -0.468 e. The van der Waals surface area contributed by atoms with Gasteiger partial charge in [0.15, 0.2) is 0 Å². The van der Waals surface area contributed by atoms with Crippen LogP contribution < -0.4 is 0 Å². The molecule has 0 spiro atoms. The van der Waals surface area contributed by atoms with Crippen molar-refractivity contribution in [2.75, 3.05) is 20.2 Å². The third kappa shape index (κ3) is 9.95. The summed E-state index contributed by atoms with van der Waals surface area (Å²) in [4.78, 5) is 36.6. The maximum atomic E-state index is 13.0. The molecule has 0 radical (unpaired) electrons. The summed E-state index contributed by atoms with van der Waals surface area (Å²) < 4.78 is 48.8. The highest BCUT2D eigenvalue weighted by Gasteiger charge is 2.32. The summed E-state index contributed by atoms with van der Waals surface area (Å²) in [6.45, 7) is 6.09. The maximum absolute atomic E-state index is 13.0. The zero-order valence-electron chi connectivity index (χ0n) is 18.8. The lowest BCUT2D eigenvalue weighted by Gasteiger charge is -2.26. The first-order chi connectivity index (χ1) is 14.1. The standard InChI is InChI=1S/C22H30F3NO5/c1-14-9-16(7-8-17(14)10-18(15(2)27)20(29)30-6)11-26(13-22(23,24)25)12-19(28)31-21(3,4)5/h7-9,18H,10-13H2,1-6H3. The number of methoxy groups -OCH3 is 1. The largest absolute Gasteiger partial charge is 0.468 e. The molecule has 0 saturated carbocycles. The molecule has 0 saturated heterocycles. The molecule has 0 aromatic heterocycles. The van der Waals surface area contributed by atoms with E-state index in [2.05, 4.69) is 4.74 Å². The molecule has 0 bridgehead atoms. The van der Waals surface area contributed by atoms with Crippen molar-refractivity contribution in [2.24, 2.45) is 5.92 Å². The van der Waals surface area contributed by atoms with Crippen LogP contribution in [0.15, 0.2) is 18.2 Å². The average molecular weight is 445 g/mol. The smallest absolute Gasteiger partial charge is 0.401 e. The van der Waals surface area contributed by atoms with Crippen LogP contribution in [-0.2, 0) is 36.8 Å². The molecule has 6 nitrogen and oxygen atoms in total. The Bertz CT molecular complexity index is 799. The molecule has 1 aromatic carbocycles. The number of nitrogens with zero attached hydrogens (tertiary/aromatic N) is 1. The van der Waals surface area contributed by atoms with Gasteiger partial charge in [-0.2, -0.15) is 13.2 Å². The molecular formula is C22H30F3NO5. The summed E-state index contributed by atoms with van der Waals surface area (Å²) in [5.74, 6) is -2.65. The highest BCUT2D eigenvalue weighted by Crippen LogP contribution is 2.21. The van der Waals surface area contributed by atoms with Crippen molar-refractivity contribution in [3.8, 4) is 0 Å². The molecule has 0 N–H and O–H groups in total. The molecule has 0 aliphatic heterocycles. The predicted molar refractivity (Wildman–Crippen MR) is 108 cm³/mol. The third-order valence-corrected chi connectivity index (χ3v) is 4.39. The van der Waals surface area contributed by atoms with Crippen LogP contribution in [0.5, 0.6) is 0 Å². The highest BCUT2D eigenvalue weighted by molar-refractivity contribution is 5.98. The Hall–Kier alpha value is -2.42. The van der Waals surface area contributed by atoms with Crippen molar-refractivity contribution >= 4 is 17.7 Å². The van der Waals surface area contributed by atoms with Crippen molar-refractivity contribution in [3.05, 3.63) is 34.9 Å². The van der Waals surface area contributed by atoms with Crippen LogP contribution in [0.4, 0.5) is 13.2 Å². The van der Waals surface area contributed by atoms with Crippen LogP contribution in [0.1, 0.15) is 44.4 Å². The summed E-state index contributed by atoms with van der Waals surface area (Å²) in [5, 5.41) is 0. The van der Waals surface area contributed by atoms with Gasteiger partial charge in [0, 0.05) is 6.54 Å². The van der Waals surface area contributed by atoms with Crippen LogP contribution in [0.25, 0.3) is 0 Å². The maximum Gasteiger partial charge on any atom is 0.401 e. The first-order valence-electron chi connectivity index (χ1n) is 9.79. The van der Waals surface area contributed by atoms with Gasteiger partial charge in [0.1, 0.15) is 17.3 Å². The van der Waals surface area contributed by atoms with Gasteiger partial charge in [-0.05, 0) is 57.7 Å². The van der Waals surface area contributed by atoms with E-state index in [4.69, 9.17) is 4.74 Å². The Balaban J connectivity index is 3.00. The molecule has 1 rings (SSSR count). The lowest BCUT2D eigenvalue weighted by molar-refractivity contribution is -0.165. The van der Waals surface area contributed by atoms with Crippen molar-refractivity contribution in [3.63, 3.8) is 0 Å². The second-order valence-corrected chi connectivity index (χ2v) is 8.50. The summed E-state index contributed by atoms with van der Waals surface area (Å²) in [5.41, 5.74) is 1.19. The molecule has 174 valence electrons. The number of halogens is 3. The molecule has 0 amide bonds. The van der Waals surface area contributed by atoms with Gasteiger partial charge >= 0.3 is 18.1 Å². The number of aryl methyl sites for hydroxylation is 1. The van der Waals surface area contributed by atoms with Gasteiger partial charge in [0.05, 0.1) is 20.2 Å². The number of ketones is 1. The highest BCUT2D eigenvalue weighted by atomic mass is 19.4. The fourth-order valence-corrected chi connectivity index (χ4v) is 3.08. The quantitative estimate of drug-likeness (QED) is 0.427. The van der Waals surface area contributed by atoms with Crippen LogP contribution in [0.3, 0.4) is 0 Å². The molecule has 0 heterocycles. The first kappa shape index (κ1) is 26.6. The number of hydrogen-bond acceptors (Lipinski definition) is 6. The second-order valence-electron chi connectivity index (χ2n) is 8.50. The Kier molecular flexibility index (Phi) is 9.23. The Morgan fingerprint density at radius 1 is 1.13 bits per heavy atom. The van der Waals surface area contributed by atoms with Crippen LogP contribution >= 0.6 is 0 Å². The van der Waals surface area contributed by atoms with Gasteiger partial charge in [-0.25, -0.2) is 0 Å². The second kappa shape index (κ2) is 10.7. The lowest BCUT2D eigenvalue weighted by atomic mass is 9.92. The van der Waals surface area contributed by atoms with Crippen molar-refractivity contribution in [1.82, 2.24) is 4.90 Å². The fraction of sp³-hybridized carbons (Fsp3) is 0.591. The lowest BCUT2D eigenvalue weighted by Crippen LogP contribution is -2.39. The molecular weight excluding hydrogens is 415 g/mol. The summed E-state index contributed by atoms with van der Waals surface area (Å²) >= 11 is 0. The Morgan fingerprint density at radius 3 is 2.19 bits per heavy atom. The minimum atomic E-state index is -4.48.